The van der Waals surface area contributed by atoms with Crippen molar-refractivity contribution in [3.63, 3.8) is 0 Å². The standard InChI is InChI=1S/C52H52N2/c1-49(2,3)31-13-17-43-35(25-31)39-21-29(22-40-36-26-32(50(4,5)6)14-18-44(36)53(43)47(39)40)30-23-41-37-27-33(51(7,8)9)15-19-45(37)54-46-20-16-34(52(10,11)12)28-38(46)42(24-30)48(41)54/h13-28H,1-12H3. The van der Waals surface area contributed by atoms with Gasteiger partial charge in [-0.3, -0.25) is 0 Å². The van der Waals surface area contributed by atoms with Crippen LogP contribution in [-0.4, -0.2) is 8.80 Å². The van der Waals surface area contributed by atoms with Gasteiger partial charge in [0.15, 0.2) is 0 Å². The molecule has 4 aromatic heterocycles. The molecule has 2 heteroatoms. The molecule has 0 N–H and O–H groups in total. The Kier molecular flexibility index (Phi) is 6.42. The topological polar surface area (TPSA) is 8.82 Å². The summed E-state index contributed by atoms with van der Waals surface area (Å²) in [7, 11) is 0. The molecule has 0 atom stereocenters. The Morgan fingerprint density at radius 1 is 0.278 bits per heavy atom. The normalized spacial score (nSPS) is 13.9. The first-order chi connectivity index (χ1) is 25.3. The van der Waals surface area contributed by atoms with Crippen LogP contribution in [0.3, 0.4) is 0 Å². The van der Waals surface area contributed by atoms with Crippen molar-refractivity contribution < 1.29 is 0 Å². The van der Waals surface area contributed by atoms with E-state index in [4.69, 9.17) is 0 Å². The zero-order chi connectivity index (χ0) is 38.0. The highest BCUT2D eigenvalue weighted by atomic mass is 14.9. The van der Waals surface area contributed by atoms with Crippen LogP contribution in [0.5, 0.6) is 0 Å². The minimum absolute atomic E-state index is 0.0568. The molecule has 10 rings (SSSR count). The first-order valence-electron chi connectivity index (χ1n) is 19.9. The molecule has 4 heterocycles. The largest absolute Gasteiger partial charge is 0.308 e. The molecule has 0 unspecified atom stereocenters. The number of benzene rings is 6. The molecule has 54 heavy (non-hydrogen) atoms. The molecule has 0 aliphatic carbocycles. The van der Waals surface area contributed by atoms with Crippen LogP contribution in [0.1, 0.15) is 105 Å². The molecule has 0 saturated carbocycles. The molecule has 0 aliphatic heterocycles. The highest BCUT2D eigenvalue weighted by Gasteiger charge is 2.26. The highest BCUT2D eigenvalue weighted by Crippen LogP contribution is 2.47. The Balaban J connectivity index is 1.36. The van der Waals surface area contributed by atoms with Crippen LogP contribution in [-0.2, 0) is 21.7 Å². The third kappa shape index (κ3) is 4.58. The van der Waals surface area contributed by atoms with Crippen LogP contribution in [0, 0.1) is 0 Å². The second-order valence-electron chi connectivity index (χ2n) is 20.4. The van der Waals surface area contributed by atoms with Crippen molar-refractivity contribution >= 4 is 76.2 Å². The molecule has 6 aromatic carbocycles. The Bertz CT molecular complexity index is 2750. The SMILES string of the molecule is CC(C)(C)c1ccc2c(c1)c1cc(-c3cc4c5cc(C(C)(C)C)ccc5n5c6ccc(C(C)(C)C)cc6c(c3)c45)cc3c4cc(C(C)(C)C)ccc4n2c13. The van der Waals surface area contributed by atoms with Gasteiger partial charge in [-0.1, -0.05) is 107 Å². The zero-order valence-corrected chi connectivity index (χ0v) is 34.1. The van der Waals surface area contributed by atoms with Gasteiger partial charge >= 0.3 is 0 Å². The van der Waals surface area contributed by atoms with Crippen LogP contribution >= 0.6 is 0 Å². The van der Waals surface area contributed by atoms with E-state index >= 15 is 0 Å². The molecule has 2 nitrogen and oxygen atoms in total. The van der Waals surface area contributed by atoms with Crippen molar-refractivity contribution in [3.05, 3.63) is 119 Å². The van der Waals surface area contributed by atoms with Gasteiger partial charge in [0, 0.05) is 43.1 Å². The lowest BCUT2D eigenvalue weighted by Crippen LogP contribution is -2.10. The average Bonchev–Trinajstić information content (AvgIpc) is 3.81. The average molecular weight is 705 g/mol. The second-order valence-corrected chi connectivity index (χ2v) is 20.4. The van der Waals surface area contributed by atoms with Crippen molar-refractivity contribution in [2.24, 2.45) is 0 Å². The molecule has 0 amide bonds. The predicted molar refractivity (Wildman–Crippen MR) is 236 cm³/mol. The van der Waals surface area contributed by atoms with E-state index in [1.807, 2.05) is 0 Å². The second kappa shape index (κ2) is 10.4. The lowest BCUT2D eigenvalue weighted by molar-refractivity contribution is 0.591. The summed E-state index contributed by atoms with van der Waals surface area (Å²) in [5.41, 5.74) is 16.1. The van der Waals surface area contributed by atoms with Crippen LogP contribution in [0.2, 0.25) is 0 Å². The Morgan fingerprint density at radius 3 is 0.704 bits per heavy atom. The van der Waals surface area contributed by atoms with Gasteiger partial charge in [-0.25, -0.2) is 0 Å². The van der Waals surface area contributed by atoms with Gasteiger partial charge in [-0.05, 0) is 128 Å². The van der Waals surface area contributed by atoms with Crippen LogP contribution in [0.25, 0.3) is 87.3 Å². The zero-order valence-electron chi connectivity index (χ0n) is 34.1. The van der Waals surface area contributed by atoms with E-state index in [9.17, 15) is 0 Å². The Morgan fingerprint density at radius 2 is 0.500 bits per heavy atom. The van der Waals surface area contributed by atoms with E-state index in [2.05, 4.69) is 189 Å². The minimum atomic E-state index is 0.0568. The third-order valence-electron chi connectivity index (χ3n) is 12.6. The summed E-state index contributed by atoms with van der Waals surface area (Å²) in [6.45, 7) is 27.9. The fourth-order valence-corrected chi connectivity index (χ4v) is 9.30. The number of hydrogen-bond acceptors (Lipinski definition) is 0. The molecule has 0 radical (unpaired) electrons. The van der Waals surface area contributed by atoms with Gasteiger partial charge in [0.2, 0.25) is 0 Å². The van der Waals surface area contributed by atoms with Crippen molar-refractivity contribution in [1.29, 1.82) is 0 Å². The van der Waals surface area contributed by atoms with E-state index in [0.29, 0.717) is 0 Å². The number of nitrogens with zero attached hydrogens (tertiary/aromatic N) is 2. The molecule has 10 aromatic rings. The van der Waals surface area contributed by atoms with E-state index in [0.717, 1.165) is 0 Å². The van der Waals surface area contributed by atoms with Crippen LogP contribution in [0.15, 0.2) is 97.1 Å². The summed E-state index contributed by atoms with van der Waals surface area (Å²) in [5.74, 6) is 0. The summed E-state index contributed by atoms with van der Waals surface area (Å²) < 4.78 is 5.07. The van der Waals surface area contributed by atoms with E-state index in [1.54, 1.807) is 0 Å². The fourth-order valence-electron chi connectivity index (χ4n) is 9.30. The molecule has 0 saturated heterocycles. The molecule has 270 valence electrons. The van der Waals surface area contributed by atoms with Crippen molar-refractivity contribution in [2.45, 2.75) is 105 Å². The molecular formula is C52H52N2. The van der Waals surface area contributed by atoms with E-state index in [-0.39, 0.29) is 21.7 Å². The fraction of sp³-hybridized carbons (Fsp3) is 0.308. The lowest BCUT2D eigenvalue weighted by atomic mass is 9.85. The number of aromatic nitrogens is 2. The summed E-state index contributed by atoms with van der Waals surface area (Å²) in [4.78, 5) is 0. The lowest BCUT2D eigenvalue weighted by Gasteiger charge is -2.20. The van der Waals surface area contributed by atoms with Gasteiger partial charge in [0.05, 0.1) is 33.1 Å². The van der Waals surface area contributed by atoms with Gasteiger partial charge in [-0.2, -0.15) is 0 Å². The van der Waals surface area contributed by atoms with Gasteiger partial charge in [0.1, 0.15) is 0 Å². The molecule has 0 spiro atoms. The van der Waals surface area contributed by atoms with Crippen molar-refractivity contribution in [1.82, 2.24) is 8.80 Å². The summed E-state index contributed by atoms with van der Waals surface area (Å²) in [6, 6.07) is 38.7. The first kappa shape index (κ1) is 33.5. The number of rotatable bonds is 1. The number of hydrogen-bond donors (Lipinski definition) is 0. The first-order valence-corrected chi connectivity index (χ1v) is 19.9. The van der Waals surface area contributed by atoms with E-state index < -0.39 is 0 Å². The maximum atomic E-state index is 2.53. The molecular weight excluding hydrogens is 653 g/mol. The van der Waals surface area contributed by atoms with Crippen molar-refractivity contribution in [3.8, 4) is 11.1 Å². The minimum Gasteiger partial charge on any atom is -0.308 e. The maximum absolute atomic E-state index is 2.53. The van der Waals surface area contributed by atoms with Crippen LogP contribution < -0.4 is 0 Å². The molecule has 0 fully saturated rings. The third-order valence-corrected chi connectivity index (χ3v) is 12.6. The smallest absolute Gasteiger partial charge is 0.0620 e. The highest BCUT2D eigenvalue weighted by molar-refractivity contribution is 6.27. The van der Waals surface area contributed by atoms with Gasteiger partial charge in [0.25, 0.3) is 0 Å². The number of fused-ring (bicyclic) bond motifs is 12. The van der Waals surface area contributed by atoms with Gasteiger partial charge < -0.3 is 8.80 Å². The predicted octanol–water partition coefficient (Wildman–Crippen LogP) is 14.8. The molecule has 0 aliphatic rings. The quantitative estimate of drug-likeness (QED) is 0.161. The van der Waals surface area contributed by atoms with Gasteiger partial charge in [-0.15, -0.1) is 0 Å². The van der Waals surface area contributed by atoms with Crippen LogP contribution in [0.4, 0.5) is 0 Å². The maximum Gasteiger partial charge on any atom is 0.0620 e. The van der Waals surface area contributed by atoms with Crippen molar-refractivity contribution in [2.75, 3.05) is 0 Å². The summed E-state index contributed by atoms with van der Waals surface area (Å²) in [6.07, 6.45) is 0. The monoisotopic (exact) mass is 704 g/mol. The summed E-state index contributed by atoms with van der Waals surface area (Å²) >= 11 is 0. The Labute approximate surface area is 319 Å². The molecule has 0 bridgehead atoms. The van der Waals surface area contributed by atoms with E-state index in [1.165, 1.54) is 110 Å². The Hall–Kier alpha value is -5.08. The summed E-state index contributed by atoms with van der Waals surface area (Å²) in [5, 5.41) is 10.7.